The van der Waals surface area contributed by atoms with Gasteiger partial charge in [0.05, 0.1) is 16.2 Å². The molecule has 0 fully saturated rings. The lowest BCUT2D eigenvalue weighted by atomic mass is 10.1. The van der Waals surface area contributed by atoms with Crippen molar-refractivity contribution in [2.75, 3.05) is 11.9 Å². The first-order valence-electron chi connectivity index (χ1n) is 8.53. The number of thiophene rings is 1. The third-order valence-corrected chi connectivity index (χ3v) is 6.00. The summed E-state index contributed by atoms with van der Waals surface area (Å²) in [6.45, 7) is 3.69. The highest BCUT2D eigenvalue weighted by Gasteiger charge is 2.24. The van der Waals surface area contributed by atoms with Crippen LogP contribution in [0.4, 0.5) is 5.00 Å². The molecule has 0 bridgehead atoms. The van der Waals surface area contributed by atoms with Gasteiger partial charge in [-0.15, -0.1) is 11.3 Å². The van der Waals surface area contributed by atoms with E-state index in [1.54, 1.807) is 26.0 Å². The fourth-order valence-electron chi connectivity index (χ4n) is 2.54. The largest absolute Gasteiger partial charge is 0.505 e. The van der Waals surface area contributed by atoms with Gasteiger partial charge in [0.2, 0.25) is 5.91 Å². The maximum atomic E-state index is 12.4. The third-order valence-electron chi connectivity index (χ3n) is 3.82. The fraction of sp³-hybridized carbons (Fsp3) is 0.200. The second kappa shape index (κ2) is 8.45. The van der Waals surface area contributed by atoms with Crippen LogP contribution in [0.3, 0.4) is 0 Å². The molecule has 0 aliphatic heterocycles. The predicted molar refractivity (Wildman–Crippen MR) is 109 cm³/mol. The Morgan fingerprint density at radius 2 is 1.89 bits per heavy atom. The Balaban J connectivity index is 2.09. The van der Waals surface area contributed by atoms with Gasteiger partial charge < -0.3 is 15.2 Å². The average molecular weight is 402 g/mol. The molecule has 2 aromatic carbocycles. The number of amides is 1. The van der Waals surface area contributed by atoms with Crippen molar-refractivity contribution < 1.29 is 19.4 Å². The number of carbonyl (C=O) groups excluding carboxylic acids is 2. The first-order chi connectivity index (χ1) is 13.0. The molecule has 3 rings (SSSR count). The van der Waals surface area contributed by atoms with Crippen LogP contribution in [0.15, 0.2) is 52.3 Å². The normalized spacial score (nSPS) is 10.7. The minimum atomic E-state index is -0.516. The summed E-state index contributed by atoms with van der Waals surface area (Å²) in [5, 5.41) is 14.5. The molecule has 27 heavy (non-hydrogen) atoms. The van der Waals surface area contributed by atoms with E-state index in [9.17, 15) is 14.7 Å². The Morgan fingerprint density at radius 3 is 2.56 bits per heavy atom. The minimum absolute atomic E-state index is 0.0916. The van der Waals surface area contributed by atoms with Crippen molar-refractivity contribution in [3.05, 3.63) is 48.0 Å². The van der Waals surface area contributed by atoms with Crippen molar-refractivity contribution in [3.63, 3.8) is 0 Å². The maximum absolute atomic E-state index is 12.4. The van der Waals surface area contributed by atoms with Crippen LogP contribution in [0.25, 0.3) is 10.1 Å². The number of hydrogen-bond donors (Lipinski definition) is 2. The van der Waals surface area contributed by atoms with Crippen molar-refractivity contribution in [2.45, 2.75) is 30.1 Å². The summed E-state index contributed by atoms with van der Waals surface area (Å²) in [6, 6.07) is 13.3. The third kappa shape index (κ3) is 4.09. The predicted octanol–water partition coefficient (Wildman–Crippen LogP) is 5.28. The molecule has 7 heteroatoms. The summed E-state index contributed by atoms with van der Waals surface area (Å²) in [7, 11) is 0. The van der Waals surface area contributed by atoms with Gasteiger partial charge >= 0.3 is 5.97 Å². The van der Waals surface area contributed by atoms with Gasteiger partial charge in [0.15, 0.2) is 0 Å². The van der Waals surface area contributed by atoms with E-state index in [1.807, 2.05) is 30.3 Å². The highest BCUT2D eigenvalue weighted by molar-refractivity contribution is 7.99. The summed E-state index contributed by atoms with van der Waals surface area (Å²) in [5.74, 6) is -0.627. The molecular formula is C20H19NO4S2. The monoisotopic (exact) mass is 401 g/mol. The van der Waals surface area contributed by atoms with Crippen molar-refractivity contribution in [3.8, 4) is 5.75 Å². The van der Waals surface area contributed by atoms with Gasteiger partial charge in [0.1, 0.15) is 16.3 Å². The summed E-state index contributed by atoms with van der Waals surface area (Å²) in [4.78, 5) is 26.0. The van der Waals surface area contributed by atoms with E-state index in [4.69, 9.17) is 4.74 Å². The molecule has 0 saturated heterocycles. The van der Waals surface area contributed by atoms with Crippen LogP contribution < -0.4 is 5.32 Å². The zero-order valence-corrected chi connectivity index (χ0v) is 16.6. The Labute approximate surface area is 165 Å². The molecule has 5 nitrogen and oxygen atoms in total. The van der Waals surface area contributed by atoms with E-state index in [2.05, 4.69) is 5.32 Å². The number of carbonyl (C=O) groups is 2. The number of benzene rings is 2. The molecule has 140 valence electrons. The zero-order valence-electron chi connectivity index (χ0n) is 14.9. The molecule has 0 unspecified atom stereocenters. The fourth-order valence-corrected chi connectivity index (χ4v) is 4.63. The van der Waals surface area contributed by atoms with E-state index in [1.165, 1.54) is 23.1 Å². The SMILES string of the molecule is CCOC(=O)c1c(NC(=O)CC)sc2c(O)c(Sc3ccccc3)ccc12. The molecule has 0 radical (unpaired) electrons. The van der Waals surface area contributed by atoms with Gasteiger partial charge in [-0.2, -0.15) is 0 Å². The van der Waals surface area contributed by atoms with E-state index in [0.29, 0.717) is 20.0 Å². The second-order valence-electron chi connectivity index (χ2n) is 5.63. The number of fused-ring (bicyclic) bond motifs is 1. The van der Waals surface area contributed by atoms with E-state index >= 15 is 0 Å². The number of phenols is 1. The Hall–Kier alpha value is -2.51. The van der Waals surface area contributed by atoms with Crippen LogP contribution in [-0.2, 0) is 9.53 Å². The average Bonchev–Trinajstić information content (AvgIpc) is 3.03. The number of rotatable bonds is 6. The summed E-state index contributed by atoms with van der Waals surface area (Å²) in [6.07, 6.45) is 0.289. The van der Waals surface area contributed by atoms with Crippen molar-refractivity contribution in [2.24, 2.45) is 0 Å². The lowest BCUT2D eigenvalue weighted by molar-refractivity contribution is -0.115. The summed E-state index contributed by atoms with van der Waals surface area (Å²) < 4.78 is 5.69. The molecule has 0 spiro atoms. The maximum Gasteiger partial charge on any atom is 0.341 e. The Kier molecular flexibility index (Phi) is 6.03. The van der Waals surface area contributed by atoms with Crippen molar-refractivity contribution in [1.82, 2.24) is 0 Å². The smallest absolute Gasteiger partial charge is 0.341 e. The lowest BCUT2D eigenvalue weighted by Crippen LogP contribution is -2.12. The van der Waals surface area contributed by atoms with Crippen LogP contribution in [0.1, 0.15) is 30.6 Å². The van der Waals surface area contributed by atoms with Crippen LogP contribution in [0, 0.1) is 0 Å². The Morgan fingerprint density at radius 1 is 1.15 bits per heavy atom. The molecule has 3 aromatic rings. The second-order valence-corrected chi connectivity index (χ2v) is 7.77. The minimum Gasteiger partial charge on any atom is -0.505 e. The topological polar surface area (TPSA) is 75.6 Å². The lowest BCUT2D eigenvalue weighted by Gasteiger charge is -2.07. The number of phenolic OH excluding ortho intramolecular Hbond substituents is 1. The van der Waals surface area contributed by atoms with E-state index in [-0.39, 0.29) is 30.2 Å². The number of ether oxygens (including phenoxy) is 1. The quantitative estimate of drug-likeness (QED) is 0.549. The number of anilines is 1. The van der Waals surface area contributed by atoms with Crippen LogP contribution >= 0.6 is 23.1 Å². The molecule has 2 N–H and O–H groups in total. The molecule has 0 aliphatic carbocycles. The molecular weight excluding hydrogens is 382 g/mol. The van der Waals surface area contributed by atoms with E-state index < -0.39 is 5.97 Å². The number of nitrogens with one attached hydrogen (secondary N) is 1. The number of aromatic hydroxyl groups is 1. The first-order valence-corrected chi connectivity index (χ1v) is 10.2. The standard InChI is InChI=1S/C20H19NO4S2/c1-3-15(22)21-19-16(20(24)25-4-2)13-10-11-14(17(23)18(13)27-19)26-12-8-6-5-7-9-12/h5-11,23H,3-4H2,1-2H3,(H,21,22). The van der Waals surface area contributed by atoms with Crippen LogP contribution in [0.2, 0.25) is 0 Å². The van der Waals surface area contributed by atoms with Crippen molar-refractivity contribution >= 4 is 50.1 Å². The number of hydrogen-bond acceptors (Lipinski definition) is 6. The molecule has 1 amide bonds. The van der Waals surface area contributed by atoms with Gasteiger partial charge in [0, 0.05) is 16.7 Å². The molecule has 0 saturated carbocycles. The molecule has 0 aliphatic rings. The summed E-state index contributed by atoms with van der Waals surface area (Å²) in [5.41, 5.74) is 0.283. The highest BCUT2D eigenvalue weighted by Crippen LogP contribution is 2.46. The van der Waals surface area contributed by atoms with Gasteiger partial charge in [-0.05, 0) is 25.1 Å². The summed E-state index contributed by atoms with van der Waals surface area (Å²) >= 11 is 2.61. The zero-order chi connectivity index (χ0) is 19.4. The van der Waals surface area contributed by atoms with Gasteiger partial charge in [-0.1, -0.05) is 43.0 Å². The van der Waals surface area contributed by atoms with E-state index in [0.717, 1.165) is 4.90 Å². The van der Waals surface area contributed by atoms with Gasteiger partial charge in [-0.3, -0.25) is 4.79 Å². The van der Waals surface area contributed by atoms with Crippen molar-refractivity contribution in [1.29, 1.82) is 0 Å². The highest BCUT2D eigenvalue weighted by atomic mass is 32.2. The number of esters is 1. The first kappa shape index (κ1) is 19.3. The van der Waals surface area contributed by atoms with Crippen LogP contribution in [-0.4, -0.2) is 23.6 Å². The van der Waals surface area contributed by atoms with Gasteiger partial charge in [-0.25, -0.2) is 4.79 Å². The van der Waals surface area contributed by atoms with Gasteiger partial charge in [0.25, 0.3) is 0 Å². The molecule has 1 aromatic heterocycles. The molecule has 0 atom stereocenters. The van der Waals surface area contributed by atoms with Crippen LogP contribution in [0.5, 0.6) is 5.75 Å². The molecule has 1 heterocycles. The Bertz CT molecular complexity index is 983.